The highest BCUT2D eigenvalue weighted by Gasteiger charge is 2.37. The number of hydrogen-bond donors (Lipinski definition) is 0. The van der Waals surface area contributed by atoms with Gasteiger partial charge in [-0.1, -0.05) is 219 Å². The maximum atomic E-state index is 2.52. The molecule has 0 amide bonds. The molecule has 0 radical (unpaired) electrons. The van der Waals surface area contributed by atoms with Crippen molar-refractivity contribution in [2.24, 2.45) is 0 Å². The van der Waals surface area contributed by atoms with Crippen molar-refractivity contribution >= 4 is 68.0 Å². The van der Waals surface area contributed by atoms with Gasteiger partial charge < -0.3 is 9.47 Å². The van der Waals surface area contributed by atoms with Crippen LogP contribution in [0.3, 0.4) is 0 Å². The molecule has 2 nitrogen and oxygen atoms in total. The average Bonchev–Trinajstić information content (AvgIpc) is 3.90. The number of benzene rings is 11. The van der Waals surface area contributed by atoms with Gasteiger partial charge in [-0.15, -0.1) is 0 Å². The van der Waals surface area contributed by atoms with E-state index in [1.165, 1.54) is 104 Å². The molecule has 0 unspecified atom stereocenters. The summed E-state index contributed by atoms with van der Waals surface area (Å²) in [7, 11) is -1.90. The van der Waals surface area contributed by atoms with Gasteiger partial charge in [-0.05, 0) is 120 Å². The molecule has 1 aliphatic heterocycles. The zero-order chi connectivity index (χ0) is 46.1. The molecule has 13 rings (SSSR count). The van der Waals surface area contributed by atoms with Gasteiger partial charge >= 0.3 is 0 Å². The van der Waals surface area contributed by atoms with Crippen LogP contribution < -0.4 is 15.3 Å². The minimum atomic E-state index is -1.90. The van der Waals surface area contributed by atoms with Crippen molar-refractivity contribution in [2.75, 3.05) is 4.90 Å². The van der Waals surface area contributed by atoms with Crippen LogP contribution in [-0.4, -0.2) is 12.6 Å². The minimum absolute atomic E-state index is 1.12. The summed E-state index contributed by atoms with van der Waals surface area (Å²) >= 11 is 0. The number of hydrogen-bond acceptors (Lipinski definition) is 1. The highest BCUT2D eigenvalue weighted by molar-refractivity contribution is 7.03. The molecule has 0 N–H and O–H groups in total. The largest absolute Gasteiger partial charge is 0.311 e. The van der Waals surface area contributed by atoms with Gasteiger partial charge in [0.15, 0.2) is 0 Å². The summed E-state index contributed by atoms with van der Waals surface area (Å²) in [5.74, 6) is 0. The van der Waals surface area contributed by atoms with Crippen LogP contribution in [0.25, 0.3) is 93.9 Å². The lowest BCUT2D eigenvalue weighted by Crippen LogP contribution is -2.49. The van der Waals surface area contributed by atoms with Gasteiger partial charge in [0.1, 0.15) is 8.07 Å². The van der Waals surface area contributed by atoms with Gasteiger partial charge in [0.2, 0.25) is 0 Å². The second-order valence-electron chi connectivity index (χ2n) is 18.8. The molecule has 0 bridgehead atoms. The topological polar surface area (TPSA) is 8.17 Å². The molecule has 12 aromatic rings. The summed E-state index contributed by atoms with van der Waals surface area (Å²) in [6, 6.07) is 93.9. The van der Waals surface area contributed by atoms with Crippen LogP contribution in [0.4, 0.5) is 17.1 Å². The van der Waals surface area contributed by atoms with E-state index in [0.29, 0.717) is 0 Å². The Morgan fingerprint density at radius 1 is 0.333 bits per heavy atom. The molecule has 0 atom stereocenters. The van der Waals surface area contributed by atoms with Crippen LogP contribution in [0.5, 0.6) is 0 Å². The first kappa shape index (κ1) is 40.7. The van der Waals surface area contributed by atoms with E-state index in [4.69, 9.17) is 0 Å². The fraction of sp³-hybridized carbons (Fsp3) is 0.0303. The van der Waals surface area contributed by atoms with E-state index < -0.39 is 8.07 Å². The van der Waals surface area contributed by atoms with E-state index in [1.54, 1.807) is 0 Å². The third kappa shape index (κ3) is 6.69. The molecule has 2 heterocycles. The second kappa shape index (κ2) is 16.4. The van der Waals surface area contributed by atoms with Gasteiger partial charge in [0.25, 0.3) is 0 Å². The van der Waals surface area contributed by atoms with Crippen LogP contribution in [0, 0.1) is 0 Å². The second-order valence-corrected chi connectivity index (χ2v) is 23.2. The molecule has 1 aromatic heterocycles. The number of aromatic nitrogens is 1. The predicted octanol–water partition coefficient (Wildman–Crippen LogP) is 16.9. The number of rotatable bonds is 8. The molecular weight excluding hydrogens is 849 g/mol. The Morgan fingerprint density at radius 2 is 0.768 bits per heavy atom. The molecular formula is C66H48N2Si. The van der Waals surface area contributed by atoms with Crippen molar-refractivity contribution in [1.82, 2.24) is 4.57 Å². The van der Waals surface area contributed by atoms with Crippen LogP contribution in [0.1, 0.15) is 0 Å². The summed E-state index contributed by atoms with van der Waals surface area (Å²) in [4.78, 5) is 2.43. The van der Waals surface area contributed by atoms with Crippen molar-refractivity contribution in [3.05, 3.63) is 255 Å². The lowest BCUT2D eigenvalue weighted by atomic mass is 9.92. The van der Waals surface area contributed by atoms with E-state index in [2.05, 4.69) is 277 Å². The molecule has 0 saturated heterocycles. The Bertz CT molecular complexity index is 3870. The summed E-state index contributed by atoms with van der Waals surface area (Å²) < 4.78 is 2.52. The van der Waals surface area contributed by atoms with Gasteiger partial charge in [-0.3, -0.25) is 0 Å². The van der Waals surface area contributed by atoms with Crippen LogP contribution in [0.2, 0.25) is 13.1 Å². The molecule has 0 aliphatic carbocycles. The Balaban J connectivity index is 0.936. The Hall–Kier alpha value is -8.50. The van der Waals surface area contributed by atoms with Gasteiger partial charge in [0, 0.05) is 39.1 Å². The smallest absolute Gasteiger partial charge is 0.113 e. The molecule has 0 spiro atoms. The van der Waals surface area contributed by atoms with Crippen molar-refractivity contribution in [3.63, 3.8) is 0 Å². The van der Waals surface area contributed by atoms with Crippen molar-refractivity contribution in [2.45, 2.75) is 13.1 Å². The highest BCUT2D eigenvalue weighted by Crippen LogP contribution is 2.49. The van der Waals surface area contributed by atoms with Gasteiger partial charge in [-0.2, -0.15) is 0 Å². The first-order chi connectivity index (χ1) is 34.0. The van der Waals surface area contributed by atoms with E-state index in [1.807, 2.05) is 0 Å². The third-order valence-electron chi connectivity index (χ3n) is 14.6. The lowest BCUT2D eigenvalue weighted by Gasteiger charge is -2.28. The summed E-state index contributed by atoms with van der Waals surface area (Å²) in [6.45, 7) is 4.99. The first-order valence-electron chi connectivity index (χ1n) is 24.0. The van der Waals surface area contributed by atoms with Crippen LogP contribution in [0.15, 0.2) is 255 Å². The Morgan fingerprint density at radius 3 is 1.38 bits per heavy atom. The van der Waals surface area contributed by atoms with Crippen LogP contribution in [-0.2, 0) is 0 Å². The Labute approximate surface area is 404 Å². The summed E-state index contributed by atoms with van der Waals surface area (Å²) in [5.41, 5.74) is 18.1. The normalized spacial score (nSPS) is 12.6. The zero-order valence-corrected chi connectivity index (χ0v) is 39.6. The average molecular weight is 897 g/mol. The molecule has 1 aliphatic rings. The quantitative estimate of drug-likeness (QED) is 0.109. The van der Waals surface area contributed by atoms with E-state index in [0.717, 1.165) is 17.1 Å². The van der Waals surface area contributed by atoms with Crippen LogP contribution >= 0.6 is 0 Å². The minimum Gasteiger partial charge on any atom is -0.311 e. The highest BCUT2D eigenvalue weighted by atomic mass is 28.3. The van der Waals surface area contributed by atoms with E-state index in [-0.39, 0.29) is 0 Å². The SMILES string of the molecule is C[Si]1(C)c2ccccc2-c2ccc(N(c3ccc(-c4ccccc4)cc3)c3ccc(-c4ccc(-n5c(-c6ccccc6)c(-c6ccccc6)c6c7ccccc7c7ccccc7c65)cc4)cc3)cc21. The van der Waals surface area contributed by atoms with Crippen molar-refractivity contribution in [3.8, 4) is 61.5 Å². The first-order valence-corrected chi connectivity index (χ1v) is 27.0. The summed E-state index contributed by atoms with van der Waals surface area (Å²) in [6.07, 6.45) is 0. The monoisotopic (exact) mass is 896 g/mol. The fourth-order valence-electron chi connectivity index (χ4n) is 11.3. The molecule has 11 aromatic carbocycles. The van der Waals surface area contributed by atoms with E-state index in [9.17, 15) is 0 Å². The summed E-state index contributed by atoms with van der Waals surface area (Å²) in [5, 5.41) is 9.30. The maximum Gasteiger partial charge on any atom is 0.113 e. The lowest BCUT2D eigenvalue weighted by molar-refractivity contribution is 1.14. The number of anilines is 3. The van der Waals surface area contributed by atoms with E-state index >= 15 is 0 Å². The number of nitrogens with zero attached hydrogens (tertiary/aromatic N) is 2. The maximum absolute atomic E-state index is 2.52. The molecule has 0 fully saturated rings. The standard InChI is InChI=1S/C66H48N2Si/c1-69(2)61-29-17-16-26-57(61)58-43-42-54(44-62(58)69)67(51-36-30-46(31-37-51)45-18-6-3-7-19-45)52-38-32-47(33-39-52)48-34-40-53(41-35-48)68-65(50-22-10-5-11-23-50)63(49-20-8-4-9-21-49)64-59-27-14-12-24-55(59)56-25-13-15-28-60(56)66(64)68/h3-44H,1-2H3. The van der Waals surface area contributed by atoms with Gasteiger partial charge in [0.05, 0.1) is 11.2 Å². The van der Waals surface area contributed by atoms with Crippen molar-refractivity contribution < 1.29 is 0 Å². The van der Waals surface area contributed by atoms with Crippen molar-refractivity contribution in [1.29, 1.82) is 0 Å². The molecule has 3 heteroatoms. The molecule has 326 valence electrons. The molecule has 69 heavy (non-hydrogen) atoms. The predicted molar refractivity (Wildman–Crippen MR) is 297 cm³/mol. The van der Waals surface area contributed by atoms with Gasteiger partial charge in [-0.25, -0.2) is 0 Å². The Kier molecular flexibility index (Phi) is 9.67. The molecule has 0 saturated carbocycles. The number of fused-ring (bicyclic) bond motifs is 9. The third-order valence-corrected chi connectivity index (χ3v) is 18.1. The zero-order valence-electron chi connectivity index (χ0n) is 38.6. The fourth-order valence-corrected chi connectivity index (χ4v) is 14.4.